The van der Waals surface area contributed by atoms with Gasteiger partial charge in [0.05, 0.1) is 10.7 Å². The third kappa shape index (κ3) is 4.26. The second kappa shape index (κ2) is 5.67. The van der Waals surface area contributed by atoms with Crippen LogP contribution in [0, 0.1) is 6.92 Å². The summed E-state index contributed by atoms with van der Waals surface area (Å²) in [5.41, 5.74) is 5.97. The Morgan fingerprint density at radius 3 is 2.93 bits per heavy atom. The number of nitrogens with one attached hydrogen (secondary N) is 2. The van der Waals surface area contributed by atoms with Gasteiger partial charge in [-0.1, -0.05) is 0 Å². The van der Waals surface area contributed by atoms with Gasteiger partial charge in [0.1, 0.15) is 0 Å². The Balaban J connectivity index is 2.24. The van der Waals surface area contributed by atoms with Crippen molar-refractivity contribution in [2.75, 3.05) is 13.1 Å². The number of primary amides is 1. The zero-order chi connectivity index (χ0) is 11.3. The Hall–Kier alpha value is -1.14. The van der Waals surface area contributed by atoms with Crippen LogP contribution in [-0.4, -0.2) is 24.1 Å². The molecule has 0 saturated heterocycles. The molecule has 0 radical (unpaired) electrons. The fourth-order valence-electron chi connectivity index (χ4n) is 1.16. The van der Waals surface area contributed by atoms with Crippen LogP contribution >= 0.6 is 11.3 Å². The SMILES string of the molecule is Cc1nc(C(C)NCCNC(N)=O)cs1. The van der Waals surface area contributed by atoms with Crippen LogP contribution in [-0.2, 0) is 0 Å². The Bertz CT molecular complexity index is 326. The molecule has 0 aromatic carbocycles. The number of rotatable bonds is 5. The Morgan fingerprint density at radius 1 is 1.67 bits per heavy atom. The topological polar surface area (TPSA) is 80.0 Å². The Kier molecular flexibility index (Phi) is 4.51. The van der Waals surface area contributed by atoms with E-state index >= 15 is 0 Å². The molecule has 0 saturated carbocycles. The average molecular weight is 228 g/mol. The van der Waals surface area contributed by atoms with E-state index in [0.717, 1.165) is 10.7 Å². The van der Waals surface area contributed by atoms with Gasteiger partial charge in [0.25, 0.3) is 0 Å². The first-order chi connectivity index (χ1) is 7.09. The minimum atomic E-state index is -0.492. The molecule has 0 fully saturated rings. The highest BCUT2D eigenvalue weighted by Crippen LogP contribution is 2.14. The van der Waals surface area contributed by atoms with Gasteiger partial charge in [-0.05, 0) is 13.8 Å². The Labute approximate surface area is 93.1 Å². The lowest BCUT2D eigenvalue weighted by molar-refractivity contribution is 0.249. The smallest absolute Gasteiger partial charge is 0.312 e. The summed E-state index contributed by atoms with van der Waals surface area (Å²) in [6.07, 6.45) is 0. The number of aryl methyl sites for hydroxylation is 1. The van der Waals surface area contributed by atoms with Crippen molar-refractivity contribution < 1.29 is 4.79 Å². The summed E-state index contributed by atoms with van der Waals surface area (Å²) in [7, 11) is 0. The summed E-state index contributed by atoms with van der Waals surface area (Å²) < 4.78 is 0. The van der Waals surface area contributed by atoms with E-state index in [2.05, 4.69) is 15.6 Å². The molecule has 6 heteroatoms. The third-order valence-electron chi connectivity index (χ3n) is 1.96. The zero-order valence-corrected chi connectivity index (χ0v) is 9.73. The van der Waals surface area contributed by atoms with Gasteiger partial charge < -0.3 is 16.4 Å². The van der Waals surface area contributed by atoms with Crippen molar-refractivity contribution in [2.45, 2.75) is 19.9 Å². The molecule has 5 nitrogen and oxygen atoms in total. The summed E-state index contributed by atoms with van der Waals surface area (Å²) in [4.78, 5) is 14.8. The second-order valence-corrected chi connectivity index (χ2v) is 4.32. The van der Waals surface area contributed by atoms with Crippen molar-refractivity contribution in [3.05, 3.63) is 16.1 Å². The van der Waals surface area contributed by atoms with Crippen LogP contribution in [0.1, 0.15) is 23.7 Å². The molecule has 1 atom stereocenters. The normalized spacial score (nSPS) is 12.4. The lowest BCUT2D eigenvalue weighted by atomic mass is 10.2. The van der Waals surface area contributed by atoms with Crippen molar-refractivity contribution in [1.82, 2.24) is 15.6 Å². The molecule has 2 amide bonds. The molecule has 0 aliphatic rings. The molecule has 1 unspecified atom stereocenters. The van der Waals surface area contributed by atoms with Gasteiger partial charge in [-0.15, -0.1) is 11.3 Å². The van der Waals surface area contributed by atoms with E-state index in [1.54, 1.807) is 11.3 Å². The molecule has 0 aliphatic heterocycles. The van der Waals surface area contributed by atoms with Crippen LogP contribution < -0.4 is 16.4 Å². The van der Waals surface area contributed by atoms with Crippen LogP contribution in [0.3, 0.4) is 0 Å². The van der Waals surface area contributed by atoms with Crippen LogP contribution in [0.2, 0.25) is 0 Å². The van der Waals surface area contributed by atoms with Gasteiger partial charge in [0.15, 0.2) is 0 Å². The predicted molar refractivity (Wildman–Crippen MR) is 60.9 cm³/mol. The number of amides is 2. The number of thiazole rings is 1. The molecule has 0 aliphatic carbocycles. The van der Waals surface area contributed by atoms with Crippen molar-refractivity contribution in [3.63, 3.8) is 0 Å². The van der Waals surface area contributed by atoms with Crippen molar-refractivity contribution in [1.29, 1.82) is 0 Å². The lowest BCUT2D eigenvalue weighted by Gasteiger charge is -2.11. The first kappa shape index (κ1) is 11.9. The molecule has 1 aromatic rings. The maximum atomic E-state index is 10.4. The maximum absolute atomic E-state index is 10.4. The third-order valence-corrected chi connectivity index (χ3v) is 2.75. The number of carbonyl (C=O) groups is 1. The van der Waals surface area contributed by atoms with Crippen LogP contribution in [0.15, 0.2) is 5.38 Å². The highest BCUT2D eigenvalue weighted by atomic mass is 32.1. The maximum Gasteiger partial charge on any atom is 0.312 e. The number of hydrogen-bond donors (Lipinski definition) is 3. The summed E-state index contributed by atoms with van der Waals surface area (Å²) >= 11 is 1.64. The van der Waals surface area contributed by atoms with Gasteiger partial charge in [-0.3, -0.25) is 0 Å². The van der Waals surface area contributed by atoms with E-state index in [9.17, 15) is 4.79 Å². The van der Waals surface area contributed by atoms with Crippen LogP contribution in [0.25, 0.3) is 0 Å². The van der Waals surface area contributed by atoms with Crippen molar-refractivity contribution in [3.8, 4) is 0 Å². The molecule has 84 valence electrons. The highest BCUT2D eigenvalue weighted by molar-refractivity contribution is 7.09. The molecular formula is C9H16N4OS. The quantitative estimate of drug-likeness (QED) is 0.651. The predicted octanol–water partition coefficient (Wildman–Crippen LogP) is 0.770. The molecule has 1 aromatic heterocycles. The number of nitrogens with zero attached hydrogens (tertiary/aromatic N) is 1. The number of nitrogens with two attached hydrogens (primary N) is 1. The number of carbonyl (C=O) groups excluding carboxylic acids is 1. The molecule has 0 bridgehead atoms. The monoisotopic (exact) mass is 228 g/mol. The molecular weight excluding hydrogens is 212 g/mol. The Morgan fingerprint density at radius 2 is 2.40 bits per heavy atom. The van der Waals surface area contributed by atoms with E-state index in [0.29, 0.717) is 13.1 Å². The second-order valence-electron chi connectivity index (χ2n) is 3.26. The summed E-state index contributed by atoms with van der Waals surface area (Å²) in [6.45, 7) is 5.23. The fourth-order valence-corrected chi connectivity index (χ4v) is 1.86. The number of hydrogen-bond acceptors (Lipinski definition) is 4. The van der Waals surface area contributed by atoms with Gasteiger partial charge in [0.2, 0.25) is 0 Å². The average Bonchev–Trinajstić information content (AvgIpc) is 2.59. The zero-order valence-electron chi connectivity index (χ0n) is 8.91. The summed E-state index contributed by atoms with van der Waals surface area (Å²) in [6, 6.07) is -0.293. The van der Waals surface area contributed by atoms with Crippen molar-refractivity contribution >= 4 is 17.4 Å². The number of urea groups is 1. The lowest BCUT2D eigenvalue weighted by Crippen LogP contribution is -2.36. The highest BCUT2D eigenvalue weighted by Gasteiger charge is 2.07. The largest absolute Gasteiger partial charge is 0.352 e. The van der Waals surface area contributed by atoms with Gasteiger partial charge in [0, 0.05) is 24.5 Å². The van der Waals surface area contributed by atoms with Crippen LogP contribution in [0.4, 0.5) is 4.79 Å². The minimum Gasteiger partial charge on any atom is -0.352 e. The minimum absolute atomic E-state index is 0.199. The molecule has 15 heavy (non-hydrogen) atoms. The van der Waals surface area contributed by atoms with Gasteiger partial charge >= 0.3 is 6.03 Å². The first-order valence-electron chi connectivity index (χ1n) is 4.78. The first-order valence-corrected chi connectivity index (χ1v) is 5.66. The standard InChI is InChI=1S/C9H16N4OS/c1-6(8-5-15-7(2)13-8)11-3-4-12-9(10)14/h5-6,11H,3-4H2,1-2H3,(H3,10,12,14). The van der Waals surface area contributed by atoms with E-state index in [1.807, 2.05) is 19.2 Å². The molecule has 4 N–H and O–H groups in total. The molecule has 1 rings (SSSR count). The van der Waals surface area contributed by atoms with Gasteiger partial charge in [-0.25, -0.2) is 9.78 Å². The van der Waals surface area contributed by atoms with E-state index in [1.165, 1.54) is 0 Å². The van der Waals surface area contributed by atoms with Crippen LogP contribution in [0.5, 0.6) is 0 Å². The number of aromatic nitrogens is 1. The summed E-state index contributed by atoms with van der Waals surface area (Å²) in [5.74, 6) is 0. The summed E-state index contributed by atoms with van der Waals surface area (Å²) in [5, 5.41) is 8.86. The molecule has 0 spiro atoms. The van der Waals surface area contributed by atoms with E-state index < -0.39 is 6.03 Å². The van der Waals surface area contributed by atoms with Crippen molar-refractivity contribution in [2.24, 2.45) is 5.73 Å². The fraction of sp³-hybridized carbons (Fsp3) is 0.556. The molecule has 1 heterocycles. The van der Waals surface area contributed by atoms with Gasteiger partial charge in [-0.2, -0.15) is 0 Å². The van der Waals surface area contributed by atoms with E-state index in [4.69, 9.17) is 5.73 Å². The van der Waals surface area contributed by atoms with E-state index in [-0.39, 0.29) is 6.04 Å².